The summed E-state index contributed by atoms with van der Waals surface area (Å²) >= 11 is 3.47. The largest absolute Gasteiger partial charge is 0.248 e. The number of nitrogens with zero attached hydrogens (tertiary/aromatic N) is 1. The number of hydrogen-bond donors (Lipinski definition) is 0. The first-order chi connectivity index (χ1) is 9.88. The van der Waals surface area contributed by atoms with Gasteiger partial charge >= 0.3 is 0 Å². The number of benzene rings is 2. The Hall–Kier alpha value is -1.58. The molecule has 0 saturated carbocycles. The van der Waals surface area contributed by atoms with Crippen LogP contribution in [0.3, 0.4) is 0 Å². The van der Waals surface area contributed by atoms with Crippen molar-refractivity contribution in [3.8, 4) is 0 Å². The summed E-state index contributed by atoms with van der Waals surface area (Å²) in [7, 11) is 0. The first kappa shape index (κ1) is 13.4. The average molecular weight is 297 g/mol. The molecule has 0 spiro atoms. The van der Waals surface area contributed by atoms with E-state index in [0.717, 1.165) is 5.69 Å². The summed E-state index contributed by atoms with van der Waals surface area (Å²) < 4.78 is -0.234. The van der Waals surface area contributed by atoms with Crippen molar-refractivity contribution in [2.45, 2.75) is 4.75 Å². The molecule has 0 amide bonds. The summed E-state index contributed by atoms with van der Waals surface area (Å²) in [6.07, 6.45) is 2.15. The van der Waals surface area contributed by atoms with Gasteiger partial charge < -0.3 is 0 Å². The predicted octanol–water partition coefficient (Wildman–Crippen LogP) is 4.80. The van der Waals surface area contributed by atoms with Gasteiger partial charge in [0.15, 0.2) is 0 Å². The third-order valence-corrected chi connectivity index (χ3v) is 5.34. The molecular formula is C17H15NS2. The number of thioether (sulfide) groups is 1. The van der Waals surface area contributed by atoms with Crippen molar-refractivity contribution in [2.24, 2.45) is 0 Å². The van der Waals surface area contributed by atoms with Crippen LogP contribution in [0.4, 0.5) is 0 Å². The van der Waals surface area contributed by atoms with Crippen molar-refractivity contribution in [1.82, 2.24) is 4.98 Å². The SMILES string of the molecule is CSC(c1ccccc1)(c1ccccc1)c1cscn1. The zero-order chi connectivity index (χ0) is 13.8. The minimum absolute atomic E-state index is 0.234. The van der Waals surface area contributed by atoms with E-state index in [1.807, 2.05) is 17.3 Å². The van der Waals surface area contributed by atoms with Crippen LogP contribution < -0.4 is 0 Å². The molecule has 0 bridgehead atoms. The Morgan fingerprint density at radius 1 is 0.900 bits per heavy atom. The molecule has 3 rings (SSSR count). The first-order valence-electron chi connectivity index (χ1n) is 6.43. The molecule has 0 aliphatic carbocycles. The van der Waals surface area contributed by atoms with E-state index in [2.05, 4.69) is 77.3 Å². The molecule has 0 unspecified atom stereocenters. The summed E-state index contributed by atoms with van der Waals surface area (Å²) in [6.45, 7) is 0. The molecule has 3 aromatic rings. The van der Waals surface area contributed by atoms with E-state index in [4.69, 9.17) is 0 Å². The molecule has 1 nitrogen and oxygen atoms in total. The second kappa shape index (κ2) is 5.81. The fourth-order valence-corrected chi connectivity index (χ4v) is 4.28. The minimum Gasteiger partial charge on any atom is -0.248 e. The summed E-state index contributed by atoms with van der Waals surface area (Å²) in [4.78, 5) is 4.61. The molecule has 1 aromatic heterocycles. The monoisotopic (exact) mass is 297 g/mol. The molecular weight excluding hydrogens is 282 g/mol. The van der Waals surface area contributed by atoms with E-state index in [0.29, 0.717) is 0 Å². The molecule has 0 saturated heterocycles. The minimum atomic E-state index is -0.234. The smallest absolute Gasteiger partial charge is 0.108 e. The predicted molar refractivity (Wildman–Crippen MR) is 88.4 cm³/mol. The molecule has 0 radical (unpaired) electrons. The number of thiazole rings is 1. The number of aromatic nitrogens is 1. The van der Waals surface area contributed by atoms with E-state index in [9.17, 15) is 0 Å². The van der Waals surface area contributed by atoms with Gasteiger partial charge in [-0.3, -0.25) is 0 Å². The van der Waals surface area contributed by atoms with Crippen molar-refractivity contribution in [3.05, 3.63) is 88.4 Å². The van der Waals surface area contributed by atoms with Crippen LogP contribution in [0, 0.1) is 0 Å². The lowest BCUT2D eigenvalue weighted by atomic mass is 9.88. The molecule has 2 aromatic carbocycles. The highest BCUT2D eigenvalue weighted by Crippen LogP contribution is 2.46. The van der Waals surface area contributed by atoms with Gasteiger partial charge in [-0.2, -0.15) is 0 Å². The molecule has 0 aliphatic rings. The molecule has 0 aliphatic heterocycles. The lowest BCUT2D eigenvalue weighted by molar-refractivity contribution is 0.862. The van der Waals surface area contributed by atoms with Gasteiger partial charge in [0.05, 0.1) is 11.2 Å². The maximum atomic E-state index is 4.61. The van der Waals surface area contributed by atoms with Gasteiger partial charge in [-0.1, -0.05) is 60.7 Å². The van der Waals surface area contributed by atoms with Gasteiger partial charge in [0.2, 0.25) is 0 Å². The standard InChI is InChI=1S/C17H15NS2/c1-19-17(16-12-20-13-18-16,14-8-4-2-5-9-14)15-10-6-3-7-11-15/h2-13H,1H3. The zero-order valence-electron chi connectivity index (χ0n) is 11.2. The zero-order valence-corrected chi connectivity index (χ0v) is 12.8. The van der Waals surface area contributed by atoms with Crippen LogP contribution in [0.25, 0.3) is 0 Å². The Balaban J connectivity index is 2.27. The van der Waals surface area contributed by atoms with E-state index >= 15 is 0 Å². The molecule has 0 atom stereocenters. The summed E-state index contributed by atoms with van der Waals surface area (Å²) in [5.74, 6) is 0. The normalized spacial score (nSPS) is 11.4. The van der Waals surface area contributed by atoms with Crippen molar-refractivity contribution >= 4 is 23.1 Å². The van der Waals surface area contributed by atoms with Gasteiger partial charge in [0, 0.05) is 5.38 Å². The first-order valence-corrected chi connectivity index (χ1v) is 8.59. The number of hydrogen-bond acceptors (Lipinski definition) is 3. The van der Waals surface area contributed by atoms with Crippen molar-refractivity contribution < 1.29 is 0 Å². The Bertz CT molecular complexity index is 608. The van der Waals surface area contributed by atoms with Crippen LogP contribution in [-0.2, 0) is 4.75 Å². The van der Waals surface area contributed by atoms with Gasteiger partial charge in [-0.05, 0) is 17.4 Å². The van der Waals surface area contributed by atoms with Crippen LogP contribution >= 0.6 is 23.1 Å². The highest BCUT2D eigenvalue weighted by atomic mass is 32.2. The fraction of sp³-hybridized carbons (Fsp3) is 0.118. The molecule has 0 N–H and O–H groups in total. The quantitative estimate of drug-likeness (QED) is 0.686. The Morgan fingerprint density at radius 2 is 1.45 bits per heavy atom. The Labute approximate surface area is 127 Å². The molecule has 1 heterocycles. The molecule has 0 fully saturated rings. The van der Waals surface area contributed by atoms with E-state index in [1.165, 1.54) is 11.1 Å². The topological polar surface area (TPSA) is 12.9 Å². The number of rotatable bonds is 4. The fourth-order valence-electron chi connectivity index (χ4n) is 2.53. The summed E-state index contributed by atoms with van der Waals surface area (Å²) in [5.41, 5.74) is 5.55. The Kier molecular flexibility index (Phi) is 3.90. The van der Waals surface area contributed by atoms with Crippen LogP contribution in [0.1, 0.15) is 16.8 Å². The lowest BCUT2D eigenvalue weighted by Gasteiger charge is -2.31. The van der Waals surface area contributed by atoms with Crippen LogP contribution in [-0.4, -0.2) is 11.2 Å². The highest BCUT2D eigenvalue weighted by molar-refractivity contribution is 8.00. The van der Waals surface area contributed by atoms with Crippen LogP contribution in [0.15, 0.2) is 71.6 Å². The third kappa shape index (κ3) is 2.17. The van der Waals surface area contributed by atoms with Crippen LogP contribution in [0.2, 0.25) is 0 Å². The maximum absolute atomic E-state index is 4.61. The van der Waals surface area contributed by atoms with E-state index in [1.54, 1.807) is 11.3 Å². The van der Waals surface area contributed by atoms with E-state index in [-0.39, 0.29) is 4.75 Å². The lowest BCUT2D eigenvalue weighted by Crippen LogP contribution is -2.25. The molecule has 100 valence electrons. The second-order valence-electron chi connectivity index (χ2n) is 4.49. The molecule has 20 heavy (non-hydrogen) atoms. The van der Waals surface area contributed by atoms with Crippen LogP contribution in [0.5, 0.6) is 0 Å². The summed E-state index contributed by atoms with van der Waals surface area (Å²) in [5, 5.41) is 2.15. The van der Waals surface area contributed by atoms with Crippen molar-refractivity contribution in [1.29, 1.82) is 0 Å². The van der Waals surface area contributed by atoms with Crippen molar-refractivity contribution in [3.63, 3.8) is 0 Å². The third-order valence-electron chi connectivity index (χ3n) is 3.46. The Morgan fingerprint density at radius 3 is 1.85 bits per heavy atom. The molecule has 3 heteroatoms. The van der Waals surface area contributed by atoms with E-state index < -0.39 is 0 Å². The summed E-state index contributed by atoms with van der Waals surface area (Å²) in [6, 6.07) is 21.2. The van der Waals surface area contributed by atoms with Crippen molar-refractivity contribution in [2.75, 3.05) is 6.26 Å². The second-order valence-corrected chi connectivity index (χ2v) is 6.23. The highest BCUT2D eigenvalue weighted by Gasteiger charge is 2.37. The van der Waals surface area contributed by atoms with Gasteiger partial charge in [0.25, 0.3) is 0 Å². The average Bonchev–Trinajstić information content (AvgIpc) is 3.06. The maximum Gasteiger partial charge on any atom is 0.108 e. The van der Waals surface area contributed by atoms with Gasteiger partial charge in [-0.25, -0.2) is 4.98 Å². The van der Waals surface area contributed by atoms with Gasteiger partial charge in [-0.15, -0.1) is 23.1 Å². The van der Waals surface area contributed by atoms with Gasteiger partial charge in [0.1, 0.15) is 4.75 Å².